The van der Waals surface area contributed by atoms with E-state index in [4.69, 9.17) is 0 Å². The summed E-state index contributed by atoms with van der Waals surface area (Å²) in [4.78, 5) is 2.54. The third-order valence-corrected chi connectivity index (χ3v) is 11.2. The van der Waals surface area contributed by atoms with Crippen LogP contribution in [-0.2, 0) is 0 Å². The van der Waals surface area contributed by atoms with Crippen LogP contribution in [0.3, 0.4) is 0 Å². The molecule has 142 valence electrons. The topological polar surface area (TPSA) is 3.24 Å². The van der Waals surface area contributed by atoms with Gasteiger partial charge < -0.3 is 4.90 Å². The third-order valence-electron chi connectivity index (χ3n) is 11.2. The van der Waals surface area contributed by atoms with Crippen LogP contribution in [0, 0.1) is 45.8 Å². The summed E-state index contributed by atoms with van der Waals surface area (Å²) in [7, 11) is 4.64. The van der Waals surface area contributed by atoms with Gasteiger partial charge >= 0.3 is 0 Å². The summed E-state index contributed by atoms with van der Waals surface area (Å²) in [5.41, 5.74) is 2.29. The standard InChI is InChI=1S/C24H41N/c1-6-17-7-8-19-20-10-9-18-16(2)21(25(4)5)11-12-23(18)15-24(20,23)14-13-22(17,19)3/h16-21H,6-15H2,1-5H3. The molecule has 5 saturated carbocycles. The van der Waals surface area contributed by atoms with Crippen molar-refractivity contribution in [1.29, 1.82) is 0 Å². The lowest BCUT2D eigenvalue weighted by molar-refractivity contribution is -0.0859. The average Bonchev–Trinajstić information content (AvgIpc) is 3.11. The fourth-order valence-corrected chi connectivity index (χ4v) is 10.0. The highest BCUT2D eigenvalue weighted by atomic mass is 15.1. The van der Waals surface area contributed by atoms with E-state index in [0.717, 1.165) is 46.5 Å². The fourth-order valence-electron chi connectivity index (χ4n) is 10.0. The van der Waals surface area contributed by atoms with Crippen LogP contribution in [0.5, 0.6) is 0 Å². The molecule has 0 bridgehead atoms. The van der Waals surface area contributed by atoms with E-state index < -0.39 is 0 Å². The van der Waals surface area contributed by atoms with E-state index in [0.29, 0.717) is 5.41 Å². The smallest absolute Gasteiger partial charge is 0.0118 e. The van der Waals surface area contributed by atoms with Gasteiger partial charge in [0.2, 0.25) is 0 Å². The zero-order valence-corrected chi connectivity index (χ0v) is 17.5. The minimum absolute atomic E-state index is 0.702. The summed E-state index contributed by atoms with van der Waals surface area (Å²) >= 11 is 0. The number of rotatable bonds is 2. The second-order valence-corrected chi connectivity index (χ2v) is 11.5. The summed E-state index contributed by atoms with van der Waals surface area (Å²) in [5.74, 6) is 5.17. The normalized spacial score (nSPS) is 59.8. The molecule has 9 unspecified atom stereocenters. The fraction of sp³-hybridized carbons (Fsp3) is 1.00. The van der Waals surface area contributed by atoms with E-state index >= 15 is 0 Å². The molecule has 1 nitrogen and oxygen atoms in total. The zero-order chi connectivity index (χ0) is 17.6. The lowest BCUT2D eigenvalue weighted by Gasteiger charge is -2.57. The maximum Gasteiger partial charge on any atom is 0.0118 e. The first-order valence-corrected chi connectivity index (χ1v) is 11.6. The summed E-state index contributed by atoms with van der Waals surface area (Å²) in [6.07, 6.45) is 15.5. The van der Waals surface area contributed by atoms with Crippen molar-refractivity contribution in [3.8, 4) is 0 Å². The van der Waals surface area contributed by atoms with Gasteiger partial charge in [-0.15, -0.1) is 0 Å². The van der Waals surface area contributed by atoms with Crippen LogP contribution in [0.25, 0.3) is 0 Å². The number of hydrogen-bond acceptors (Lipinski definition) is 1. The first-order valence-electron chi connectivity index (χ1n) is 11.6. The highest BCUT2D eigenvalue weighted by Gasteiger charge is 2.78. The monoisotopic (exact) mass is 343 g/mol. The van der Waals surface area contributed by atoms with Gasteiger partial charge in [-0.25, -0.2) is 0 Å². The minimum atomic E-state index is 0.702. The Morgan fingerprint density at radius 3 is 2.24 bits per heavy atom. The molecule has 0 radical (unpaired) electrons. The van der Waals surface area contributed by atoms with Crippen LogP contribution in [0.4, 0.5) is 0 Å². The van der Waals surface area contributed by atoms with Gasteiger partial charge in [-0.05, 0) is 118 Å². The Balaban J connectivity index is 1.45. The molecule has 25 heavy (non-hydrogen) atoms. The number of fused-ring (bicyclic) bond motifs is 2. The molecule has 9 atom stereocenters. The quantitative estimate of drug-likeness (QED) is 0.595. The first-order chi connectivity index (χ1) is 11.9. The maximum absolute atomic E-state index is 2.71. The molecule has 1 heteroatoms. The summed E-state index contributed by atoms with van der Waals surface area (Å²) < 4.78 is 0. The van der Waals surface area contributed by atoms with Crippen molar-refractivity contribution in [2.75, 3.05) is 14.1 Å². The highest BCUT2D eigenvalue weighted by Crippen LogP contribution is 2.85. The molecular formula is C24H41N. The molecule has 0 saturated heterocycles. The maximum atomic E-state index is 2.71. The van der Waals surface area contributed by atoms with E-state index in [1.165, 1.54) is 12.8 Å². The van der Waals surface area contributed by atoms with Crippen LogP contribution in [0.15, 0.2) is 0 Å². The van der Waals surface area contributed by atoms with Gasteiger partial charge in [0.05, 0.1) is 0 Å². The Morgan fingerprint density at radius 1 is 0.840 bits per heavy atom. The Kier molecular flexibility index (Phi) is 3.60. The lowest BCUT2D eigenvalue weighted by atomic mass is 9.48. The molecule has 2 spiro atoms. The van der Waals surface area contributed by atoms with E-state index in [9.17, 15) is 0 Å². The summed E-state index contributed by atoms with van der Waals surface area (Å²) in [5, 5.41) is 0. The van der Waals surface area contributed by atoms with Crippen molar-refractivity contribution in [2.45, 2.75) is 91.0 Å². The Morgan fingerprint density at radius 2 is 1.52 bits per heavy atom. The van der Waals surface area contributed by atoms with Crippen molar-refractivity contribution < 1.29 is 0 Å². The van der Waals surface area contributed by atoms with Crippen molar-refractivity contribution in [2.24, 2.45) is 45.8 Å². The lowest BCUT2D eigenvalue weighted by Crippen LogP contribution is -2.52. The Hall–Kier alpha value is -0.0400. The summed E-state index contributed by atoms with van der Waals surface area (Å²) in [6, 6.07) is 0.842. The van der Waals surface area contributed by atoms with Gasteiger partial charge in [0.15, 0.2) is 0 Å². The van der Waals surface area contributed by atoms with E-state index in [2.05, 4.69) is 39.8 Å². The van der Waals surface area contributed by atoms with Crippen molar-refractivity contribution in [3.63, 3.8) is 0 Å². The van der Waals surface area contributed by atoms with Crippen LogP contribution < -0.4 is 0 Å². The molecular weight excluding hydrogens is 302 g/mol. The molecule has 0 aromatic heterocycles. The Labute approximate surface area is 156 Å². The van der Waals surface area contributed by atoms with E-state index in [1.54, 1.807) is 51.4 Å². The van der Waals surface area contributed by atoms with Gasteiger partial charge in [-0.1, -0.05) is 27.2 Å². The minimum Gasteiger partial charge on any atom is -0.306 e. The molecule has 5 fully saturated rings. The van der Waals surface area contributed by atoms with Crippen LogP contribution in [0.2, 0.25) is 0 Å². The number of nitrogens with zero attached hydrogens (tertiary/aromatic N) is 1. The SMILES string of the molecule is CCC1CCC2C3CCC4C(C)C(N(C)C)CCC45CC35CCC12C. The Bertz CT molecular complexity index is 554. The summed E-state index contributed by atoms with van der Waals surface area (Å²) in [6.45, 7) is 7.78. The van der Waals surface area contributed by atoms with Crippen molar-refractivity contribution in [3.05, 3.63) is 0 Å². The largest absolute Gasteiger partial charge is 0.306 e. The van der Waals surface area contributed by atoms with Gasteiger partial charge in [0.1, 0.15) is 0 Å². The first kappa shape index (κ1) is 17.1. The molecule has 5 aliphatic carbocycles. The molecule has 0 aromatic carbocycles. The molecule has 5 aliphatic rings. The molecule has 0 aromatic rings. The highest BCUT2D eigenvalue weighted by molar-refractivity contribution is 5.27. The third kappa shape index (κ3) is 1.90. The van der Waals surface area contributed by atoms with Gasteiger partial charge in [-0.2, -0.15) is 0 Å². The average molecular weight is 344 g/mol. The van der Waals surface area contributed by atoms with Crippen LogP contribution in [-0.4, -0.2) is 25.0 Å². The number of hydrogen-bond donors (Lipinski definition) is 0. The van der Waals surface area contributed by atoms with Gasteiger partial charge in [0.25, 0.3) is 0 Å². The van der Waals surface area contributed by atoms with Gasteiger partial charge in [-0.3, -0.25) is 0 Å². The van der Waals surface area contributed by atoms with Gasteiger partial charge in [0, 0.05) is 6.04 Å². The predicted molar refractivity (Wildman–Crippen MR) is 105 cm³/mol. The molecule has 0 aliphatic heterocycles. The van der Waals surface area contributed by atoms with Crippen molar-refractivity contribution >= 4 is 0 Å². The zero-order valence-electron chi connectivity index (χ0n) is 17.5. The van der Waals surface area contributed by atoms with Crippen LogP contribution >= 0.6 is 0 Å². The molecule has 0 N–H and O–H groups in total. The second-order valence-electron chi connectivity index (χ2n) is 11.5. The molecule has 0 heterocycles. The molecule has 5 rings (SSSR count). The van der Waals surface area contributed by atoms with Crippen molar-refractivity contribution in [1.82, 2.24) is 4.90 Å². The predicted octanol–water partition coefficient (Wildman–Crippen LogP) is 5.99. The van der Waals surface area contributed by atoms with Crippen LogP contribution in [0.1, 0.15) is 85.0 Å². The van der Waals surface area contributed by atoms with E-state index in [1.807, 2.05) is 0 Å². The van der Waals surface area contributed by atoms with E-state index in [-0.39, 0.29) is 0 Å². The second kappa shape index (κ2) is 5.27. The molecule has 0 amide bonds.